The summed E-state index contributed by atoms with van der Waals surface area (Å²) < 4.78 is 13.2. The number of rotatable bonds is 3. The van der Waals surface area contributed by atoms with Gasteiger partial charge in [-0.25, -0.2) is 9.37 Å². The first-order chi connectivity index (χ1) is 15.9. The lowest BCUT2D eigenvalue weighted by Gasteiger charge is -2.40. The molecule has 1 fully saturated rings. The number of hydrogen-bond donors (Lipinski definition) is 1. The summed E-state index contributed by atoms with van der Waals surface area (Å²) in [4.78, 5) is 18.5. The molecule has 1 atom stereocenters. The number of aliphatic hydroxyl groups is 1. The number of piperidine rings is 1. The molecule has 2 aromatic carbocycles. The highest BCUT2D eigenvalue weighted by molar-refractivity contribution is 5.92. The van der Waals surface area contributed by atoms with Crippen LogP contribution in [0.2, 0.25) is 0 Å². The lowest BCUT2D eigenvalue weighted by atomic mass is 9.73. The Bertz CT molecular complexity index is 1180. The van der Waals surface area contributed by atoms with Gasteiger partial charge in [0.05, 0.1) is 12.3 Å². The molecule has 170 valence electrons. The van der Waals surface area contributed by atoms with E-state index >= 15 is 0 Å². The normalized spacial score (nSPS) is 19.2. The summed E-state index contributed by atoms with van der Waals surface area (Å²) in [6.45, 7) is 5.60. The molecule has 1 amide bonds. The molecule has 5 rings (SSSR count). The van der Waals surface area contributed by atoms with Gasteiger partial charge in [0.1, 0.15) is 11.5 Å². The van der Waals surface area contributed by atoms with Gasteiger partial charge in [-0.3, -0.25) is 4.79 Å². The molecule has 1 unspecified atom stereocenters. The molecule has 4 nitrogen and oxygen atoms in total. The van der Waals surface area contributed by atoms with Gasteiger partial charge in [-0.05, 0) is 71.2 Å². The van der Waals surface area contributed by atoms with Crippen LogP contribution in [0.3, 0.4) is 0 Å². The van der Waals surface area contributed by atoms with Crippen molar-refractivity contribution in [3.63, 3.8) is 0 Å². The third kappa shape index (κ3) is 3.84. The highest BCUT2D eigenvalue weighted by Gasteiger charge is 2.45. The number of hydrogen-bond acceptors (Lipinski definition) is 3. The summed E-state index contributed by atoms with van der Waals surface area (Å²) >= 11 is 0. The molecule has 3 aromatic rings. The van der Waals surface area contributed by atoms with Crippen molar-refractivity contribution in [2.75, 3.05) is 13.1 Å². The predicted octanol–water partition coefficient (Wildman–Crippen LogP) is 5.62. The quantitative estimate of drug-likeness (QED) is 0.570. The monoisotopic (exact) mass is 444 g/mol. The number of carbonyl (C=O) groups is 1. The highest BCUT2D eigenvalue weighted by Crippen LogP contribution is 2.51. The second kappa shape index (κ2) is 8.38. The zero-order chi connectivity index (χ0) is 23.2. The molecular weight excluding hydrogens is 415 g/mol. The highest BCUT2D eigenvalue weighted by atomic mass is 19.1. The number of benzene rings is 2. The van der Waals surface area contributed by atoms with Gasteiger partial charge in [0.25, 0.3) is 5.91 Å². The second-order valence-corrected chi connectivity index (χ2v) is 9.70. The maximum Gasteiger partial charge on any atom is 0.272 e. The number of likely N-dealkylation sites (tertiary alicyclic amines) is 1. The van der Waals surface area contributed by atoms with Crippen molar-refractivity contribution >= 4 is 5.91 Å². The first kappa shape index (κ1) is 21.8. The van der Waals surface area contributed by atoms with Crippen molar-refractivity contribution < 1.29 is 14.3 Å². The fourth-order valence-electron chi connectivity index (χ4n) is 5.62. The number of aromatic nitrogens is 1. The average molecular weight is 445 g/mol. The molecule has 1 aromatic heterocycles. The SMILES string of the molecule is CC(C)c1ccccc1-c1ccc2c(c1)C(O)CC21CCN(C(=O)c2ccc(F)cn2)CC1. The molecular formula is C28H29FN2O2. The van der Waals surface area contributed by atoms with Crippen LogP contribution >= 0.6 is 0 Å². The van der Waals surface area contributed by atoms with E-state index in [1.165, 1.54) is 28.8 Å². The molecule has 0 bridgehead atoms. The van der Waals surface area contributed by atoms with E-state index < -0.39 is 11.9 Å². The fraction of sp³-hybridized carbons (Fsp3) is 0.357. The summed E-state index contributed by atoms with van der Waals surface area (Å²) in [7, 11) is 0. The first-order valence-electron chi connectivity index (χ1n) is 11.7. The molecule has 1 aliphatic heterocycles. The molecule has 1 N–H and O–H groups in total. The van der Waals surface area contributed by atoms with Crippen LogP contribution < -0.4 is 0 Å². The zero-order valence-electron chi connectivity index (χ0n) is 19.1. The van der Waals surface area contributed by atoms with Crippen molar-refractivity contribution in [1.29, 1.82) is 0 Å². The Morgan fingerprint density at radius 1 is 1.12 bits per heavy atom. The predicted molar refractivity (Wildman–Crippen MR) is 127 cm³/mol. The zero-order valence-corrected chi connectivity index (χ0v) is 19.1. The molecule has 1 aliphatic carbocycles. The number of amides is 1. The van der Waals surface area contributed by atoms with Crippen LogP contribution in [0, 0.1) is 5.82 Å². The lowest BCUT2D eigenvalue weighted by Crippen LogP contribution is -2.44. The first-order valence-corrected chi connectivity index (χ1v) is 11.7. The van der Waals surface area contributed by atoms with E-state index in [2.05, 4.69) is 61.3 Å². The summed E-state index contributed by atoms with van der Waals surface area (Å²) in [6.07, 6.45) is 2.87. The van der Waals surface area contributed by atoms with Crippen molar-refractivity contribution in [2.45, 2.75) is 50.5 Å². The van der Waals surface area contributed by atoms with E-state index in [0.29, 0.717) is 25.4 Å². The van der Waals surface area contributed by atoms with Gasteiger partial charge in [0.15, 0.2) is 0 Å². The number of carbonyl (C=O) groups excluding carboxylic acids is 1. The van der Waals surface area contributed by atoms with Crippen LogP contribution in [-0.4, -0.2) is 34.0 Å². The number of halogens is 1. The van der Waals surface area contributed by atoms with Crippen molar-refractivity contribution in [1.82, 2.24) is 9.88 Å². The fourth-order valence-corrected chi connectivity index (χ4v) is 5.62. The molecule has 2 heterocycles. The average Bonchev–Trinajstić information content (AvgIpc) is 3.10. The van der Waals surface area contributed by atoms with E-state index in [1.807, 2.05) is 0 Å². The van der Waals surface area contributed by atoms with Crippen LogP contribution in [0.4, 0.5) is 4.39 Å². The van der Waals surface area contributed by atoms with Crippen LogP contribution in [0.15, 0.2) is 60.8 Å². The molecule has 1 spiro atoms. The Balaban J connectivity index is 1.39. The summed E-state index contributed by atoms with van der Waals surface area (Å²) in [6, 6.07) is 17.7. The maximum atomic E-state index is 13.2. The van der Waals surface area contributed by atoms with Gasteiger partial charge in [-0.1, -0.05) is 50.2 Å². The Morgan fingerprint density at radius 2 is 1.88 bits per heavy atom. The third-order valence-electron chi connectivity index (χ3n) is 7.41. The molecule has 0 radical (unpaired) electrons. The van der Waals surface area contributed by atoms with Gasteiger partial charge < -0.3 is 10.0 Å². The van der Waals surface area contributed by atoms with Crippen molar-refractivity contribution in [2.24, 2.45) is 0 Å². The van der Waals surface area contributed by atoms with Crippen LogP contribution in [0.5, 0.6) is 0 Å². The Hall–Kier alpha value is -3.05. The van der Waals surface area contributed by atoms with Crippen molar-refractivity contribution in [3.05, 3.63) is 89.0 Å². The Kier molecular flexibility index (Phi) is 5.53. The number of nitrogens with zero attached hydrogens (tertiary/aromatic N) is 2. The smallest absolute Gasteiger partial charge is 0.272 e. The number of fused-ring (bicyclic) bond motifs is 2. The largest absolute Gasteiger partial charge is 0.388 e. The topological polar surface area (TPSA) is 53.4 Å². The van der Waals surface area contributed by atoms with E-state index in [4.69, 9.17) is 0 Å². The molecule has 33 heavy (non-hydrogen) atoms. The summed E-state index contributed by atoms with van der Waals surface area (Å²) in [5.74, 6) is -0.191. The Labute approximate surface area is 194 Å². The van der Waals surface area contributed by atoms with E-state index in [-0.39, 0.29) is 17.0 Å². The number of pyridine rings is 1. The lowest BCUT2D eigenvalue weighted by molar-refractivity contribution is 0.0624. The minimum absolute atomic E-state index is 0.113. The third-order valence-corrected chi connectivity index (χ3v) is 7.41. The van der Waals surface area contributed by atoms with Gasteiger partial charge in [-0.15, -0.1) is 0 Å². The molecule has 0 saturated carbocycles. The van der Waals surface area contributed by atoms with Gasteiger partial charge in [-0.2, -0.15) is 0 Å². The van der Waals surface area contributed by atoms with Crippen LogP contribution in [-0.2, 0) is 5.41 Å². The Morgan fingerprint density at radius 3 is 2.58 bits per heavy atom. The van der Waals surface area contributed by atoms with Crippen LogP contribution in [0.25, 0.3) is 11.1 Å². The van der Waals surface area contributed by atoms with Crippen LogP contribution in [0.1, 0.15) is 72.3 Å². The van der Waals surface area contributed by atoms with Gasteiger partial charge >= 0.3 is 0 Å². The molecule has 2 aliphatic rings. The molecule has 1 saturated heterocycles. The minimum Gasteiger partial charge on any atom is -0.388 e. The summed E-state index contributed by atoms with van der Waals surface area (Å²) in [5, 5.41) is 11.0. The van der Waals surface area contributed by atoms with Gasteiger partial charge in [0, 0.05) is 18.5 Å². The standard InChI is InChI=1S/C28H29FN2O2/c1-18(2)21-5-3-4-6-22(21)19-7-9-24-23(15-19)26(32)16-28(24)11-13-31(14-12-28)27(33)25-10-8-20(29)17-30-25/h3-10,15,17-18,26,32H,11-14,16H2,1-2H3. The maximum absolute atomic E-state index is 13.2. The number of aliphatic hydroxyl groups excluding tert-OH is 1. The molecule has 5 heteroatoms. The van der Waals surface area contributed by atoms with E-state index in [0.717, 1.165) is 30.2 Å². The second-order valence-electron chi connectivity index (χ2n) is 9.70. The van der Waals surface area contributed by atoms with Gasteiger partial charge in [0.2, 0.25) is 0 Å². The van der Waals surface area contributed by atoms with E-state index in [1.54, 1.807) is 4.90 Å². The minimum atomic E-state index is -0.493. The summed E-state index contributed by atoms with van der Waals surface area (Å²) in [5.41, 5.74) is 6.06. The van der Waals surface area contributed by atoms with E-state index in [9.17, 15) is 14.3 Å². The van der Waals surface area contributed by atoms with Crippen molar-refractivity contribution in [3.8, 4) is 11.1 Å².